The second-order valence-corrected chi connectivity index (χ2v) is 7.81. The number of hydrogen-bond donors (Lipinski definition) is 0. The summed E-state index contributed by atoms with van der Waals surface area (Å²) in [4.78, 5) is 15.2. The van der Waals surface area contributed by atoms with Gasteiger partial charge in [0.15, 0.2) is 0 Å². The molecule has 1 aromatic carbocycles. The molecule has 27 heavy (non-hydrogen) atoms. The molecule has 4 aromatic rings. The van der Waals surface area contributed by atoms with Crippen LogP contribution in [-0.2, 0) is 7.05 Å². The number of anilines is 1. The molecule has 0 radical (unpaired) electrons. The fourth-order valence-corrected chi connectivity index (χ4v) is 4.89. The predicted octanol–water partition coefficient (Wildman–Crippen LogP) is 3.39. The molecule has 0 amide bonds. The van der Waals surface area contributed by atoms with Gasteiger partial charge in [-0.25, -0.2) is 9.97 Å². The van der Waals surface area contributed by atoms with Gasteiger partial charge in [-0.05, 0) is 18.2 Å². The predicted molar refractivity (Wildman–Crippen MR) is 111 cm³/mol. The van der Waals surface area contributed by atoms with Gasteiger partial charge in [0.1, 0.15) is 17.0 Å². The van der Waals surface area contributed by atoms with E-state index < -0.39 is 0 Å². The lowest BCUT2D eigenvalue weighted by Gasteiger charge is -2.35. The van der Waals surface area contributed by atoms with Crippen LogP contribution in [0.4, 0.5) is 5.82 Å². The number of nitrogens with zero attached hydrogens (tertiary/aromatic N) is 6. The van der Waals surface area contributed by atoms with Crippen molar-refractivity contribution in [2.24, 2.45) is 7.05 Å². The van der Waals surface area contributed by atoms with Crippen molar-refractivity contribution >= 4 is 38.3 Å². The van der Waals surface area contributed by atoms with Crippen LogP contribution in [0, 0.1) is 0 Å². The molecule has 4 heterocycles. The number of likely N-dealkylation sites (N-methyl/N-ethyl adjacent to an activating group) is 1. The highest BCUT2D eigenvalue weighted by molar-refractivity contribution is 7.17. The fraction of sp³-hybridized carbons (Fsp3) is 0.350. The van der Waals surface area contributed by atoms with Crippen molar-refractivity contribution in [3.8, 4) is 11.1 Å². The van der Waals surface area contributed by atoms with Crippen LogP contribution in [0.5, 0.6) is 0 Å². The second-order valence-electron chi connectivity index (χ2n) is 6.95. The quantitative estimate of drug-likeness (QED) is 0.547. The Labute approximate surface area is 162 Å². The number of benzene rings is 1. The van der Waals surface area contributed by atoms with Crippen molar-refractivity contribution in [3.05, 3.63) is 36.1 Å². The average Bonchev–Trinajstić information content (AvgIpc) is 3.32. The summed E-state index contributed by atoms with van der Waals surface area (Å²) in [7, 11) is 1.99. The summed E-state index contributed by atoms with van der Waals surface area (Å²) >= 11 is 1.69. The zero-order valence-electron chi connectivity index (χ0n) is 15.6. The smallest absolute Gasteiger partial charge is 0.141 e. The van der Waals surface area contributed by atoms with Gasteiger partial charge in [-0.3, -0.25) is 4.68 Å². The summed E-state index contributed by atoms with van der Waals surface area (Å²) in [6.45, 7) is 7.52. The van der Waals surface area contributed by atoms with E-state index >= 15 is 0 Å². The molecule has 1 saturated heterocycles. The average molecular weight is 379 g/mol. The summed E-state index contributed by atoms with van der Waals surface area (Å²) in [6, 6.07) is 6.39. The van der Waals surface area contributed by atoms with Gasteiger partial charge in [-0.15, -0.1) is 11.3 Å². The van der Waals surface area contributed by atoms with Crippen LogP contribution >= 0.6 is 11.3 Å². The molecule has 0 unspecified atom stereocenters. The number of aromatic nitrogens is 4. The van der Waals surface area contributed by atoms with Crippen LogP contribution in [0.2, 0.25) is 0 Å². The lowest BCUT2D eigenvalue weighted by molar-refractivity contribution is 0.271. The van der Waals surface area contributed by atoms with Crippen molar-refractivity contribution in [2.45, 2.75) is 6.92 Å². The highest BCUT2D eigenvalue weighted by atomic mass is 32.1. The third-order valence-electron chi connectivity index (χ3n) is 5.55. The van der Waals surface area contributed by atoms with Gasteiger partial charge < -0.3 is 9.80 Å². The van der Waals surface area contributed by atoms with E-state index in [1.807, 2.05) is 17.9 Å². The van der Waals surface area contributed by atoms with Crippen LogP contribution in [0.1, 0.15) is 6.92 Å². The summed E-state index contributed by atoms with van der Waals surface area (Å²) in [5, 5.41) is 9.01. The normalized spacial score (nSPS) is 15.9. The molecule has 5 rings (SSSR count). The van der Waals surface area contributed by atoms with Crippen molar-refractivity contribution in [1.82, 2.24) is 24.6 Å². The standard InChI is InChI=1S/C20H22N6S/c1-3-25-7-9-26(10-8-25)19-18-16(12-27-20(18)22-13-21-19)14-5-4-6-17-15(14)11-23-24(17)2/h4-6,11-13H,3,7-10H2,1-2H3. The third kappa shape index (κ3) is 2.69. The van der Waals surface area contributed by atoms with Crippen LogP contribution < -0.4 is 4.90 Å². The van der Waals surface area contributed by atoms with Gasteiger partial charge in [-0.1, -0.05) is 19.1 Å². The van der Waals surface area contributed by atoms with Gasteiger partial charge in [0.05, 0.1) is 17.1 Å². The molecule has 0 N–H and O–H groups in total. The lowest BCUT2D eigenvalue weighted by atomic mass is 10.0. The summed E-state index contributed by atoms with van der Waals surface area (Å²) in [5.41, 5.74) is 3.55. The van der Waals surface area contributed by atoms with Gasteiger partial charge in [-0.2, -0.15) is 5.10 Å². The zero-order chi connectivity index (χ0) is 18.4. The number of aryl methyl sites for hydroxylation is 1. The molecule has 3 aromatic heterocycles. The second kappa shape index (κ2) is 6.58. The van der Waals surface area contributed by atoms with E-state index in [1.54, 1.807) is 17.7 Å². The highest BCUT2D eigenvalue weighted by Gasteiger charge is 2.22. The Bertz CT molecular complexity index is 1110. The first-order chi connectivity index (χ1) is 13.3. The minimum atomic E-state index is 1.01. The van der Waals surface area contributed by atoms with Crippen molar-refractivity contribution in [1.29, 1.82) is 0 Å². The monoisotopic (exact) mass is 378 g/mol. The Balaban J connectivity index is 1.66. The summed E-state index contributed by atoms with van der Waals surface area (Å²) in [6.07, 6.45) is 3.66. The van der Waals surface area contributed by atoms with Gasteiger partial charge in [0, 0.05) is 49.6 Å². The first-order valence-electron chi connectivity index (χ1n) is 9.37. The first-order valence-corrected chi connectivity index (χ1v) is 10.2. The molecule has 1 fully saturated rings. The molecule has 0 saturated carbocycles. The number of rotatable bonds is 3. The van der Waals surface area contributed by atoms with E-state index in [0.29, 0.717) is 0 Å². The molecule has 0 spiro atoms. The Morgan fingerprint density at radius 2 is 1.93 bits per heavy atom. The first kappa shape index (κ1) is 16.6. The molecular formula is C20H22N6S. The van der Waals surface area contributed by atoms with E-state index in [-0.39, 0.29) is 0 Å². The van der Waals surface area contributed by atoms with Gasteiger partial charge in [0.2, 0.25) is 0 Å². The van der Waals surface area contributed by atoms with E-state index in [0.717, 1.165) is 48.9 Å². The summed E-state index contributed by atoms with van der Waals surface area (Å²) in [5.74, 6) is 1.06. The Kier molecular flexibility index (Phi) is 4.06. The largest absolute Gasteiger partial charge is 0.353 e. The minimum absolute atomic E-state index is 1.01. The SMILES string of the molecule is CCN1CCN(c2ncnc3scc(-c4cccc5c4cnn5C)c23)CC1. The van der Waals surface area contributed by atoms with Gasteiger partial charge in [0.25, 0.3) is 0 Å². The maximum atomic E-state index is 4.71. The minimum Gasteiger partial charge on any atom is -0.353 e. The van der Waals surface area contributed by atoms with Crippen molar-refractivity contribution in [2.75, 3.05) is 37.6 Å². The Hall–Kier alpha value is -2.51. The van der Waals surface area contributed by atoms with Crippen LogP contribution in [-0.4, -0.2) is 57.4 Å². The fourth-order valence-electron chi connectivity index (χ4n) is 3.99. The number of piperazine rings is 1. The zero-order valence-corrected chi connectivity index (χ0v) is 16.4. The number of thiophene rings is 1. The molecular weight excluding hydrogens is 356 g/mol. The molecule has 1 aliphatic heterocycles. The Morgan fingerprint density at radius 1 is 1.07 bits per heavy atom. The molecule has 0 atom stereocenters. The summed E-state index contributed by atoms with van der Waals surface area (Å²) < 4.78 is 1.93. The van der Waals surface area contributed by atoms with E-state index in [9.17, 15) is 0 Å². The third-order valence-corrected chi connectivity index (χ3v) is 6.44. The molecule has 1 aliphatic rings. The van der Waals surface area contributed by atoms with Crippen molar-refractivity contribution in [3.63, 3.8) is 0 Å². The van der Waals surface area contributed by atoms with E-state index in [1.165, 1.54) is 21.9 Å². The van der Waals surface area contributed by atoms with E-state index in [2.05, 4.69) is 50.4 Å². The lowest BCUT2D eigenvalue weighted by Crippen LogP contribution is -2.46. The molecule has 7 heteroatoms. The topological polar surface area (TPSA) is 50.1 Å². The highest BCUT2D eigenvalue weighted by Crippen LogP contribution is 2.40. The number of fused-ring (bicyclic) bond motifs is 2. The van der Waals surface area contributed by atoms with Crippen LogP contribution in [0.25, 0.3) is 32.2 Å². The molecule has 138 valence electrons. The van der Waals surface area contributed by atoms with Gasteiger partial charge >= 0.3 is 0 Å². The van der Waals surface area contributed by atoms with Crippen molar-refractivity contribution < 1.29 is 0 Å². The maximum absolute atomic E-state index is 4.71. The molecule has 0 aliphatic carbocycles. The van der Waals surface area contributed by atoms with Crippen LogP contribution in [0.15, 0.2) is 36.1 Å². The number of hydrogen-bond acceptors (Lipinski definition) is 6. The molecule has 6 nitrogen and oxygen atoms in total. The van der Waals surface area contributed by atoms with E-state index in [4.69, 9.17) is 4.98 Å². The Morgan fingerprint density at radius 3 is 2.74 bits per heavy atom. The molecule has 0 bridgehead atoms. The van der Waals surface area contributed by atoms with Crippen LogP contribution in [0.3, 0.4) is 0 Å². The maximum Gasteiger partial charge on any atom is 0.141 e.